The van der Waals surface area contributed by atoms with Crippen molar-refractivity contribution in [3.8, 4) is 0 Å². The lowest BCUT2D eigenvalue weighted by Gasteiger charge is -2.38. The van der Waals surface area contributed by atoms with Gasteiger partial charge in [-0.2, -0.15) is 0 Å². The Morgan fingerprint density at radius 1 is 1.38 bits per heavy atom. The molecule has 1 fully saturated rings. The van der Waals surface area contributed by atoms with Crippen LogP contribution in [0.25, 0.3) is 11.0 Å². The highest BCUT2D eigenvalue weighted by atomic mass is 35.5. The van der Waals surface area contributed by atoms with E-state index in [9.17, 15) is 4.39 Å². The van der Waals surface area contributed by atoms with Crippen LogP contribution >= 0.6 is 11.6 Å². The van der Waals surface area contributed by atoms with Gasteiger partial charge in [-0.15, -0.1) is 0 Å². The van der Waals surface area contributed by atoms with E-state index in [-0.39, 0.29) is 5.02 Å². The Bertz CT molecular complexity index is 671. The zero-order chi connectivity index (χ0) is 15.1. The number of halogens is 2. The molecule has 5 nitrogen and oxygen atoms in total. The SMILES string of the molecule is CN1CCN(C)C(Cn2c(N)nc3cc(Cl)c(F)cc32)C1. The molecule has 0 saturated carbocycles. The molecule has 1 unspecified atom stereocenters. The summed E-state index contributed by atoms with van der Waals surface area (Å²) in [7, 11) is 4.21. The number of nitrogen functional groups attached to an aromatic ring is 1. The highest BCUT2D eigenvalue weighted by Crippen LogP contribution is 2.25. The van der Waals surface area contributed by atoms with Crippen LogP contribution in [-0.4, -0.2) is 59.1 Å². The molecule has 0 radical (unpaired) electrons. The molecule has 2 heterocycles. The van der Waals surface area contributed by atoms with E-state index in [2.05, 4.69) is 28.9 Å². The molecule has 2 N–H and O–H groups in total. The minimum atomic E-state index is -0.445. The zero-order valence-corrected chi connectivity index (χ0v) is 12.9. The van der Waals surface area contributed by atoms with Crippen LogP contribution in [-0.2, 0) is 6.54 Å². The lowest BCUT2D eigenvalue weighted by Crippen LogP contribution is -2.51. The molecule has 0 spiro atoms. The van der Waals surface area contributed by atoms with Gasteiger partial charge in [0.1, 0.15) is 5.82 Å². The van der Waals surface area contributed by atoms with Gasteiger partial charge in [-0.25, -0.2) is 9.37 Å². The van der Waals surface area contributed by atoms with Crippen LogP contribution in [0.3, 0.4) is 0 Å². The fourth-order valence-electron chi connectivity index (χ4n) is 2.84. The van der Waals surface area contributed by atoms with Gasteiger partial charge in [0, 0.05) is 38.3 Å². The number of nitrogens with two attached hydrogens (primary N) is 1. The minimum absolute atomic E-state index is 0.0710. The first-order valence-corrected chi connectivity index (χ1v) is 7.33. The molecule has 1 aromatic carbocycles. The van der Waals surface area contributed by atoms with E-state index in [0.717, 1.165) is 19.6 Å². The highest BCUT2D eigenvalue weighted by Gasteiger charge is 2.24. The normalized spacial score (nSPS) is 21.2. The summed E-state index contributed by atoms with van der Waals surface area (Å²) in [6.07, 6.45) is 0. The summed E-state index contributed by atoms with van der Waals surface area (Å²) in [5, 5.41) is 0.0710. The van der Waals surface area contributed by atoms with Crippen LogP contribution in [0.5, 0.6) is 0 Å². The molecule has 114 valence electrons. The van der Waals surface area contributed by atoms with E-state index >= 15 is 0 Å². The second-order valence-electron chi connectivity index (χ2n) is 5.73. The van der Waals surface area contributed by atoms with Gasteiger partial charge in [-0.1, -0.05) is 11.6 Å². The molecule has 1 atom stereocenters. The molecule has 0 bridgehead atoms. The third-order valence-corrected chi connectivity index (χ3v) is 4.48. The monoisotopic (exact) mass is 311 g/mol. The van der Waals surface area contributed by atoms with Gasteiger partial charge in [-0.05, 0) is 20.2 Å². The van der Waals surface area contributed by atoms with Gasteiger partial charge in [0.15, 0.2) is 0 Å². The summed E-state index contributed by atoms with van der Waals surface area (Å²) in [6.45, 7) is 3.70. The van der Waals surface area contributed by atoms with Crippen molar-refractivity contribution >= 4 is 28.6 Å². The van der Waals surface area contributed by atoms with E-state index in [1.54, 1.807) is 0 Å². The van der Waals surface area contributed by atoms with Gasteiger partial charge >= 0.3 is 0 Å². The van der Waals surface area contributed by atoms with E-state index in [0.29, 0.717) is 29.6 Å². The lowest BCUT2D eigenvalue weighted by atomic mass is 10.2. The third-order valence-electron chi connectivity index (χ3n) is 4.19. The standard InChI is InChI=1S/C14H19ClFN5/c1-19-3-4-20(2)9(7-19)8-21-13-6-11(16)10(15)5-12(13)18-14(21)17/h5-6,9H,3-4,7-8H2,1-2H3,(H2,17,18). The van der Waals surface area contributed by atoms with Crippen LogP contribution in [0.2, 0.25) is 5.02 Å². The number of nitrogens with zero attached hydrogens (tertiary/aromatic N) is 4. The molecule has 0 aliphatic carbocycles. The number of aromatic nitrogens is 2. The molecule has 1 saturated heterocycles. The molecule has 21 heavy (non-hydrogen) atoms. The van der Waals surface area contributed by atoms with Gasteiger partial charge in [-0.3, -0.25) is 4.90 Å². The first-order valence-electron chi connectivity index (χ1n) is 6.95. The summed E-state index contributed by atoms with van der Waals surface area (Å²) in [6, 6.07) is 3.26. The first-order chi connectivity index (χ1) is 9.95. The maximum atomic E-state index is 13.7. The van der Waals surface area contributed by atoms with Crippen molar-refractivity contribution < 1.29 is 4.39 Å². The molecule has 0 amide bonds. The van der Waals surface area contributed by atoms with E-state index < -0.39 is 5.82 Å². The number of hydrogen-bond donors (Lipinski definition) is 1. The van der Waals surface area contributed by atoms with Crippen LogP contribution in [0, 0.1) is 5.82 Å². The Labute approximate surface area is 128 Å². The predicted molar refractivity (Wildman–Crippen MR) is 83.0 cm³/mol. The smallest absolute Gasteiger partial charge is 0.201 e. The molecular formula is C14H19ClFN5. The fourth-order valence-corrected chi connectivity index (χ4v) is 3.00. The van der Waals surface area contributed by atoms with Crippen molar-refractivity contribution in [1.29, 1.82) is 0 Å². The summed E-state index contributed by atoms with van der Waals surface area (Å²) >= 11 is 5.80. The Hall–Kier alpha value is -1.37. The van der Waals surface area contributed by atoms with Gasteiger partial charge < -0.3 is 15.2 Å². The predicted octanol–water partition coefficient (Wildman–Crippen LogP) is 1.66. The lowest BCUT2D eigenvalue weighted by molar-refractivity contribution is 0.104. The number of fused-ring (bicyclic) bond motifs is 1. The first kappa shape index (κ1) is 14.6. The van der Waals surface area contributed by atoms with Gasteiger partial charge in [0.05, 0.1) is 16.1 Å². The molecular weight excluding hydrogens is 293 g/mol. The number of likely N-dealkylation sites (N-methyl/N-ethyl adjacent to an activating group) is 2. The third kappa shape index (κ3) is 2.71. The second kappa shape index (κ2) is 5.44. The molecule has 1 aliphatic rings. The van der Waals surface area contributed by atoms with E-state index in [1.165, 1.54) is 12.1 Å². The fraction of sp³-hybridized carbons (Fsp3) is 0.500. The van der Waals surface area contributed by atoms with E-state index in [1.807, 2.05) is 4.57 Å². The van der Waals surface area contributed by atoms with Crippen LogP contribution in [0.4, 0.5) is 10.3 Å². The Balaban J connectivity index is 1.96. The average Bonchev–Trinajstić information content (AvgIpc) is 2.71. The van der Waals surface area contributed by atoms with Crippen molar-refractivity contribution in [2.24, 2.45) is 0 Å². The summed E-state index contributed by atoms with van der Waals surface area (Å²) in [4.78, 5) is 8.87. The largest absolute Gasteiger partial charge is 0.369 e. The Morgan fingerprint density at radius 2 is 2.14 bits per heavy atom. The van der Waals surface area contributed by atoms with Crippen molar-refractivity contribution in [1.82, 2.24) is 19.4 Å². The number of benzene rings is 1. The number of anilines is 1. The van der Waals surface area contributed by atoms with Crippen LogP contribution in [0.1, 0.15) is 0 Å². The van der Waals surface area contributed by atoms with E-state index in [4.69, 9.17) is 17.3 Å². The number of hydrogen-bond acceptors (Lipinski definition) is 4. The summed E-state index contributed by atoms with van der Waals surface area (Å²) in [5.41, 5.74) is 7.33. The molecule has 2 aromatic rings. The number of piperazine rings is 1. The average molecular weight is 312 g/mol. The van der Waals surface area contributed by atoms with Gasteiger partial charge in [0.25, 0.3) is 0 Å². The van der Waals surface area contributed by atoms with Crippen molar-refractivity contribution in [2.45, 2.75) is 12.6 Å². The summed E-state index contributed by atoms with van der Waals surface area (Å²) in [5.74, 6) is -0.0484. The Kier molecular flexibility index (Phi) is 3.77. The quantitative estimate of drug-likeness (QED) is 0.916. The zero-order valence-electron chi connectivity index (χ0n) is 12.2. The van der Waals surface area contributed by atoms with Crippen molar-refractivity contribution in [2.75, 3.05) is 39.5 Å². The van der Waals surface area contributed by atoms with Crippen LogP contribution < -0.4 is 5.73 Å². The minimum Gasteiger partial charge on any atom is -0.369 e. The van der Waals surface area contributed by atoms with Crippen molar-refractivity contribution in [3.63, 3.8) is 0 Å². The second-order valence-corrected chi connectivity index (χ2v) is 6.14. The molecule has 1 aliphatic heterocycles. The molecule has 7 heteroatoms. The Morgan fingerprint density at radius 3 is 2.90 bits per heavy atom. The number of imidazole rings is 1. The number of rotatable bonds is 2. The topological polar surface area (TPSA) is 50.3 Å². The highest BCUT2D eigenvalue weighted by molar-refractivity contribution is 6.31. The summed E-state index contributed by atoms with van der Waals surface area (Å²) < 4.78 is 15.6. The maximum Gasteiger partial charge on any atom is 0.201 e. The van der Waals surface area contributed by atoms with Gasteiger partial charge in [0.2, 0.25) is 5.95 Å². The maximum absolute atomic E-state index is 13.7. The molecule has 1 aromatic heterocycles. The van der Waals surface area contributed by atoms with Crippen molar-refractivity contribution in [3.05, 3.63) is 23.0 Å². The molecule has 3 rings (SSSR count). The van der Waals surface area contributed by atoms with Crippen LogP contribution in [0.15, 0.2) is 12.1 Å².